The number of hydrogen-bond donors (Lipinski definition) is 0. The Balaban J connectivity index is 1.41. The molecule has 3 nitrogen and oxygen atoms in total. The number of fused-ring (bicyclic) bond motifs is 5. The lowest BCUT2D eigenvalue weighted by molar-refractivity contribution is -0.246. The molecule has 1 aliphatic heterocycles. The zero-order valence-electron chi connectivity index (χ0n) is 17.7. The third kappa shape index (κ3) is 2.90. The minimum atomic E-state index is -2.94. The molecule has 0 radical (unpaired) electrons. The van der Waals surface area contributed by atoms with Gasteiger partial charge in [0.1, 0.15) is 11.9 Å². The predicted octanol–water partition coefficient (Wildman–Crippen LogP) is 5.68. The van der Waals surface area contributed by atoms with E-state index in [0.717, 1.165) is 38.5 Å². The van der Waals surface area contributed by atoms with Gasteiger partial charge in [-0.25, -0.2) is 0 Å². The van der Waals surface area contributed by atoms with Crippen LogP contribution in [-0.2, 0) is 14.3 Å². The van der Waals surface area contributed by atoms with Crippen molar-refractivity contribution in [2.24, 2.45) is 28.6 Å². The summed E-state index contributed by atoms with van der Waals surface area (Å²) in [4.78, 5) is 12.5. The number of hydrogen-bond acceptors (Lipinski definition) is 3. The summed E-state index contributed by atoms with van der Waals surface area (Å²) in [6.07, 6.45) is 8.12. The van der Waals surface area contributed by atoms with Crippen molar-refractivity contribution in [3.63, 3.8) is 0 Å². The molecule has 0 bridgehead atoms. The van der Waals surface area contributed by atoms with Gasteiger partial charge in [-0.3, -0.25) is 4.79 Å². The van der Waals surface area contributed by atoms with E-state index in [-0.39, 0.29) is 11.3 Å². The lowest BCUT2D eigenvalue weighted by Gasteiger charge is -2.58. The first-order valence-electron chi connectivity index (χ1n) is 11.7. The predicted molar refractivity (Wildman–Crippen MR) is 106 cm³/mol. The van der Waals surface area contributed by atoms with Crippen LogP contribution in [0.4, 0.5) is 8.78 Å². The standard InChI is InChI=1S/C24H34F2O3/c1-22-13-11-20(29-21-5-3-4-14-28-21)24(25,26)18(22)8-6-15-16-7-9-19(27)23(16,2)12-10-17(15)22/h8,15-17,20-21H,3-7,9-14H2,1-2H3/t15-,16-,17+,20?,21?,22+,23-/m0/s1. The summed E-state index contributed by atoms with van der Waals surface area (Å²) in [7, 11) is 0. The Bertz CT molecular complexity index is 713. The normalized spacial score (nSPS) is 49.0. The Kier molecular flexibility index (Phi) is 4.75. The molecule has 0 amide bonds. The van der Waals surface area contributed by atoms with Gasteiger partial charge in [0.05, 0.1) is 0 Å². The number of ether oxygens (including phenoxy) is 2. The number of carbonyl (C=O) groups excluding carboxylic acids is 1. The quantitative estimate of drug-likeness (QED) is 0.552. The van der Waals surface area contributed by atoms with Gasteiger partial charge in [0.2, 0.25) is 0 Å². The van der Waals surface area contributed by atoms with Crippen LogP contribution in [0.2, 0.25) is 0 Å². The second-order valence-electron chi connectivity index (χ2n) is 10.6. The summed E-state index contributed by atoms with van der Waals surface area (Å²) in [5, 5.41) is 0. The number of allylic oxidation sites excluding steroid dienone is 1. The van der Waals surface area contributed by atoms with Crippen molar-refractivity contribution in [3.8, 4) is 0 Å². The molecule has 29 heavy (non-hydrogen) atoms. The van der Waals surface area contributed by atoms with Gasteiger partial charge in [0.15, 0.2) is 6.29 Å². The van der Waals surface area contributed by atoms with Crippen molar-refractivity contribution in [2.45, 2.75) is 96.4 Å². The number of carbonyl (C=O) groups is 1. The van der Waals surface area contributed by atoms with Crippen LogP contribution in [0.1, 0.15) is 78.1 Å². The van der Waals surface area contributed by atoms with E-state index >= 15 is 8.78 Å². The maximum Gasteiger partial charge on any atom is 0.295 e. The molecule has 5 aliphatic rings. The van der Waals surface area contributed by atoms with Crippen molar-refractivity contribution in [2.75, 3.05) is 6.61 Å². The van der Waals surface area contributed by atoms with Crippen LogP contribution < -0.4 is 0 Å². The molecule has 0 aromatic heterocycles. The van der Waals surface area contributed by atoms with Crippen LogP contribution in [0.25, 0.3) is 0 Å². The number of halogens is 2. The van der Waals surface area contributed by atoms with E-state index in [1.807, 2.05) is 6.08 Å². The molecule has 1 saturated heterocycles. The van der Waals surface area contributed by atoms with E-state index in [4.69, 9.17) is 9.47 Å². The Morgan fingerprint density at radius 1 is 1.03 bits per heavy atom. The monoisotopic (exact) mass is 408 g/mol. The highest BCUT2D eigenvalue weighted by Gasteiger charge is 2.64. The molecule has 4 fully saturated rings. The smallest absolute Gasteiger partial charge is 0.295 e. The first-order chi connectivity index (χ1) is 13.8. The average Bonchev–Trinajstić information content (AvgIpc) is 3.00. The zero-order valence-corrected chi connectivity index (χ0v) is 17.7. The van der Waals surface area contributed by atoms with E-state index in [0.29, 0.717) is 55.5 Å². The van der Waals surface area contributed by atoms with Crippen LogP contribution in [0, 0.1) is 28.6 Å². The minimum absolute atomic E-state index is 0.218. The van der Waals surface area contributed by atoms with Crippen LogP contribution in [0.3, 0.4) is 0 Å². The van der Waals surface area contributed by atoms with Crippen LogP contribution in [-0.4, -0.2) is 30.7 Å². The molecule has 0 spiro atoms. The van der Waals surface area contributed by atoms with Gasteiger partial charge in [0, 0.05) is 24.0 Å². The third-order valence-electron chi connectivity index (χ3n) is 9.32. The fourth-order valence-corrected chi connectivity index (χ4v) is 7.64. The lowest BCUT2D eigenvalue weighted by atomic mass is 9.47. The van der Waals surface area contributed by atoms with E-state index < -0.39 is 23.7 Å². The van der Waals surface area contributed by atoms with Crippen molar-refractivity contribution in [3.05, 3.63) is 11.6 Å². The van der Waals surface area contributed by atoms with Gasteiger partial charge in [0.25, 0.3) is 5.92 Å². The molecule has 3 saturated carbocycles. The highest BCUT2D eigenvalue weighted by atomic mass is 19.3. The maximum atomic E-state index is 15.7. The third-order valence-corrected chi connectivity index (χ3v) is 9.32. The van der Waals surface area contributed by atoms with E-state index in [2.05, 4.69) is 13.8 Å². The average molecular weight is 409 g/mol. The molecule has 0 aromatic rings. The molecule has 7 atom stereocenters. The summed E-state index contributed by atoms with van der Waals surface area (Å²) in [6, 6.07) is 0. The first kappa shape index (κ1) is 20.1. The Hall–Kier alpha value is -0.810. The molecule has 2 unspecified atom stereocenters. The summed E-state index contributed by atoms with van der Waals surface area (Å²) in [5.41, 5.74) is -0.386. The van der Waals surface area contributed by atoms with Crippen molar-refractivity contribution < 1.29 is 23.0 Å². The van der Waals surface area contributed by atoms with Gasteiger partial charge in [-0.1, -0.05) is 19.9 Å². The van der Waals surface area contributed by atoms with Crippen LogP contribution in [0.5, 0.6) is 0 Å². The molecule has 5 heteroatoms. The Morgan fingerprint density at radius 2 is 1.79 bits per heavy atom. The maximum absolute atomic E-state index is 15.7. The van der Waals surface area contributed by atoms with Crippen LogP contribution >= 0.6 is 0 Å². The van der Waals surface area contributed by atoms with Gasteiger partial charge in [-0.2, -0.15) is 8.78 Å². The summed E-state index contributed by atoms with van der Waals surface area (Å²) < 4.78 is 42.7. The SMILES string of the molecule is C[C@]12CCC(OC3CCCCO3)C(F)(F)C1=CC[C@@H]1[C@H]2CC[C@]2(C)C(=O)CC[C@@H]12. The van der Waals surface area contributed by atoms with Crippen molar-refractivity contribution in [1.82, 2.24) is 0 Å². The largest absolute Gasteiger partial charge is 0.353 e. The highest BCUT2D eigenvalue weighted by Crippen LogP contribution is 2.66. The zero-order chi connectivity index (χ0) is 20.4. The topological polar surface area (TPSA) is 35.5 Å². The molecule has 0 aromatic carbocycles. The number of Topliss-reactive ketones (excluding diaryl/α,β-unsaturated/α-hetero) is 1. The minimum Gasteiger partial charge on any atom is -0.353 e. The van der Waals surface area contributed by atoms with Crippen molar-refractivity contribution >= 4 is 5.78 Å². The second-order valence-corrected chi connectivity index (χ2v) is 10.6. The van der Waals surface area contributed by atoms with E-state index in [1.165, 1.54) is 0 Å². The molecule has 162 valence electrons. The molecule has 1 heterocycles. The molecule has 0 N–H and O–H groups in total. The summed E-state index contributed by atoms with van der Waals surface area (Å²) in [6.45, 7) is 4.80. The Labute approximate surface area is 172 Å². The number of ketones is 1. The van der Waals surface area contributed by atoms with E-state index in [1.54, 1.807) is 0 Å². The van der Waals surface area contributed by atoms with Crippen molar-refractivity contribution in [1.29, 1.82) is 0 Å². The molecular formula is C24H34F2O3. The summed E-state index contributed by atoms with van der Waals surface area (Å²) in [5.74, 6) is -1.56. The van der Waals surface area contributed by atoms with Gasteiger partial charge >= 0.3 is 0 Å². The van der Waals surface area contributed by atoms with Gasteiger partial charge < -0.3 is 9.47 Å². The number of alkyl halides is 2. The summed E-state index contributed by atoms with van der Waals surface area (Å²) >= 11 is 0. The molecule has 4 aliphatic carbocycles. The van der Waals surface area contributed by atoms with Gasteiger partial charge in [-0.15, -0.1) is 0 Å². The number of rotatable bonds is 2. The lowest BCUT2D eigenvalue weighted by Crippen LogP contribution is -2.57. The second kappa shape index (κ2) is 6.85. The van der Waals surface area contributed by atoms with E-state index in [9.17, 15) is 4.79 Å². The van der Waals surface area contributed by atoms with Gasteiger partial charge in [-0.05, 0) is 81.0 Å². The fraction of sp³-hybridized carbons (Fsp3) is 0.875. The van der Waals surface area contributed by atoms with Crippen LogP contribution in [0.15, 0.2) is 11.6 Å². The highest BCUT2D eigenvalue weighted by molar-refractivity contribution is 5.87. The fourth-order valence-electron chi connectivity index (χ4n) is 7.64. The Morgan fingerprint density at radius 3 is 2.55 bits per heavy atom. The molecule has 5 rings (SSSR count). The molecular weight excluding hydrogens is 374 g/mol. The first-order valence-corrected chi connectivity index (χ1v) is 11.7.